The number of imide groups is 1. The van der Waals surface area contributed by atoms with Gasteiger partial charge >= 0.3 is 6.03 Å². The van der Waals surface area contributed by atoms with Crippen LogP contribution in [0.4, 0.5) is 10.5 Å². The Labute approximate surface area is 205 Å². The molecule has 2 heterocycles. The topological polar surface area (TPSA) is 118 Å². The Bertz CT molecular complexity index is 1230. The van der Waals surface area contributed by atoms with Crippen LogP contribution < -0.4 is 16.0 Å². The number of nitrogens with one attached hydrogen (secondary N) is 3. The van der Waals surface area contributed by atoms with E-state index in [-0.39, 0.29) is 24.0 Å². The van der Waals surface area contributed by atoms with Crippen LogP contribution >= 0.6 is 23.4 Å². The van der Waals surface area contributed by atoms with Crippen molar-refractivity contribution in [3.63, 3.8) is 0 Å². The van der Waals surface area contributed by atoms with Gasteiger partial charge in [0, 0.05) is 35.3 Å². The van der Waals surface area contributed by atoms with E-state index >= 15 is 0 Å². The third-order valence-electron chi connectivity index (χ3n) is 5.23. The van der Waals surface area contributed by atoms with Crippen LogP contribution in [0.25, 0.3) is 5.69 Å². The summed E-state index contributed by atoms with van der Waals surface area (Å²) in [5.74, 6) is 0.174. The van der Waals surface area contributed by atoms with Crippen molar-refractivity contribution in [2.45, 2.75) is 37.9 Å². The second-order valence-electron chi connectivity index (χ2n) is 7.99. The van der Waals surface area contributed by atoms with Crippen LogP contribution in [0.1, 0.15) is 23.4 Å². The van der Waals surface area contributed by atoms with Gasteiger partial charge in [-0.25, -0.2) is 4.79 Å². The van der Waals surface area contributed by atoms with Gasteiger partial charge < -0.3 is 10.6 Å². The highest BCUT2D eigenvalue weighted by Gasteiger charge is 2.27. The molecule has 4 amide bonds. The summed E-state index contributed by atoms with van der Waals surface area (Å²) in [7, 11) is 0. The number of thioether (sulfide) groups is 1. The van der Waals surface area contributed by atoms with Gasteiger partial charge in [-0.15, -0.1) is 10.2 Å². The van der Waals surface area contributed by atoms with Crippen LogP contribution in [0.5, 0.6) is 0 Å². The number of amides is 4. The maximum absolute atomic E-state index is 12.6. The van der Waals surface area contributed by atoms with E-state index in [1.807, 2.05) is 48.7 Å². The van der Waals surface area contributed by atoms with E-state index in [2.05, 4.69) is 26.1 Å². The maximum atomic E-state index is 12.6. The summed E-state index contributed by atoms with van der Waals surface area (Å²) in [6.07, 6.45) is 0.434. The number of carbonyl (C=O) groups excluding carboxylic acids is 3. The van der Waals surface area contributed by atoms with E-state index in [1.54, 1.807) is 12.1 Å². The van der Waals surface area contributed by atoms with Crippen molar-refractivity contribution in [1.82, 2.24) is 25.4 Å². The van der Waals surface area contributed by atoms with Crippen LogP contribution in [0, 0.1) is 13.8 Å². The molecule has 34 heavy (non-hydrogen) atoms. The Morgan fingerprint density at radius 2 is 1.94 bits per heavy atom. The summed E-state index contributed by atoms with van der Waals surface area (Å²) in [6, 6.07) is 12.1. The molecule has 1 fully saturated rings. The van der Waals surface area contributed by atoms with Crippen molar-refractivity contribution >= 4 is 46.9 Å². The number of carbonyl (C=O) groups is 3. The highest BCUT2D eigenvalue weighted by Crippen LogP contribution is 2.25. The molecule has 0 radical (unpaired) electrons. The summed E-state index contributed by atoms with van der Waals surface area (Å²) in [5.41, 5.74) is 3.57. The summed E-state index contributed by atoms with van der Waals surface area (Å²) >= 11 is 7.30. The second kappa shape index (κ2) is 10.3. The van der Waals surface area contributed by atoms with Gasteiger partial charge in [-0.05, 0) is 55.3 Å². The summed E-state index contributed by atoms with van der Waals surface area (Å²) in [6.45, 7) is 3.91. The van der Waals surface area contributed by atoms with Crippen molar-refractivity contribution in [1.29, 1.82) is 0 Å². The van der Waals surface area contributed by atoms with Crippen molar-refractivity contribution in [2.24, 2.45) is 0 Å². The Morgan fingerprint density at radius 1 is 1.18 bits per heavy atom. The lowest BCUT2D eigenvalue weighted by Crippen LogP contribution is -2.53. The molecular formula is C23H23ClN6O3S. The molecule has 1 unspecified atom stereocenters. The van der Waals surface area contributed by atoms with Gasteiger partial charge in [-0.3, -0.25) is 19.5 Å². The quantitative estimate of drug-likeness (QED) is 0.430. The second-order valence-corrected chi connectivity index (χ2v) is 9.37. The monoisotopic (exact) mass is 498 g/mol. The zero-order valence-electron chi connectivity index (χ0n) is 18.6. The molecule has 0 aliphatic carbocycles. The molecule has 2 aromatic carbocycles. The first-order chi connectivity index (χ1) is 16.3. The molecule has 9 nitrogen and oxygen atoms in total. The average molecular weight is 499 g/mol. The minimum absolute atomic E-state index is 0.127. The van der Waals surface area contributed by atoms with Gasteiger partial charge in [0.05, 0.1) is 5.75 Å². The third kappa shape index (κ3) is 5.75. The van der Waals surface area contributed by atoms with E-state index in [1.165, 1.54) is 11.8 Å². The molecule has 176 valence electrons. The molecule has 3 N–H and O–H groups in total. The predicted molar refractivity (Wildman–Crippen MR) is 130 cm³/mol. The third-order valence-corrected chi connectivity index (χ3v) is 6.41. The first kappa shape index (κ1) is 23.8. The molecular weight excluding hydrogens is 476 g/mol. The summed E-state index contributed by atoms with van der Waals surface area (Å²) < 4.78 is 1.81. The number of hydrogen-bond donors (Lipinski definition) is 3. The Kier molecular flexibility index (Phi) is 7.18. The number of nitrogens with zero attached hydrogens (tertiary/aromatic N) is 3. The molecule has 0 bridgehead atoms. The predicted octanol–water partition coefficient (Wildman–Crippen LogP) is 3.41. The number of aromatic nitrogens is 3. The molecule has 1 aliphatic rings. The highest BCUT2D eigenvalue weighted by atomic mass is 35.5. The van der Waals surface area contributed by atoms with Gasteiger partial charge in [0.1, 0.15) is 5.82 Å². The Morgan fingerprint density at radius 3 is 2.68 bits per heavy atom. The van der Waals surface area contributed by atoms with Crippen molar-refractivity contribution in [3.8, 4) is 5.69 Å². The molecule has 4 rings (SSSR count). The lowest BCUT2D eigenvalue weighted by molar-refractivity contribution is -0.121. The average Bonchev–Trinajstić information content (AvgIpc) is 3.17. The molecule has 1 saturated heterocycles. The van der Waals surface area contributed by atoms with Crippen molar-refractivity contribution in [2.75, 3.05) is 11.1 Å². The number of halogens is 1. The molecule has 1 aromatic heterocycles. The number of rotatable bonds is 7. The van der Waals surface area contributed by atoms with Crippen LogP contribution in [0.2, 0.25) is 5.02 Å². The first-order valence-electron chi connectivity index (χ1n) is 10.6. The summed E-state index contributed by atoms with van der Waals surface area (Å²) in [4.78, 5) is 36.1. The number of hydrogen-bond acceptors (Lipinski definition) is 6. The minimum atomic E-state index is -0.531. The SMILES string of the molecule is Cc1ccc(C)c(NC(=O)CSc2nnc(CC3CC(=O)NC(=O)N3)n2-c2ccc(Cl)cc2)c1. The van der Waals surface area contributed by atoms with Crippen LogP contribution in [-0.2, 0) is 16.0 Å². The van der Waals surface area contributed by atoms with Gasteiger partial charge in [0.25, 0.3) is 0 Å². The highest BCUT2D eigenvalue weighted by molar-refractivity contribution is 7.99. The molecule has 0 spiro atoms. The van der Waals surface area contributed by atoms with E-state index in [0.29, 0.717) is 22.4 Å². The van der Waals surface area contributed by atoms with Gasteiger partial charge in [0.15, 0.2) is 5.16 Å². The van der Waals surface area contributed by atoms with E-state index in [9.17, 15) is 14.4 Å². The van der Waals surface area contributed by atoms with E-state index in [0.717, 1.165) is 22.5 Å². The largest absolute Gasteiger partial charge is 0.334 e. The van der Waals surface area contributed by atoms with Gasteiger partial charge in [-0.1, -0.05) is 35.5 Å². The molecule has 1 atom stereocenters. The minimum Gasteiger partial charge on any atom is -0.334 e. The van der Waals surface area contributed by atoms with Crippen LogP contribution in [0.15, 0.2) is 47.6 Å². The first-order valence-corrected chi connectivity index (χ1v) is 12.0. The zero-order valence-corrected chi connectivity index (χ0v) is 20.2. The normalized spacial score (nSPS) is 15.6. The fraction of sp³-hybridized carbons (Fsp3) is 0.261. The Balaban J connectivity index is 1.54. The fourth-order valence-electron chi connectivity index (χ4n) is 3.58. The van der Waals surface area contributed by atoms with Crippen LogP contribution in [0.3, 0.4) is 0 Å². The zero-order chi connectivity index (χ0) is 24.2. The maximum Gasteiger partial charge on any atom is 0.321 e. The lowest BCUT2D eigenvalue weighted by atomic mass is 10.1. The van der Waals surface area contributed by atoms with E-state index < -0.39 is 12.1 Å². The number of urea groups is 1. The molecule has 3 aromatic rings. The van der Waals surface area contributed by atoms with Gasteiger partial charge in [-0.2, -0.15) is 0 Å². The van der Waals surface area contributed by atoms with Crippen LogP contribution in [-0.4, -0.2) is 44.4 Å². The fourth-order valence-corrected chi connectivity index (χ4v) is 4.48. The van der Waals surface area contributed by atoms with Crippen molar-refractivity contribution in [3.05, 3.63) is 64.4 Å². The smallest absolute Gasteiger partial charge is 0.321 e. The van der Waals surface area contributed by atoms with Crippen molar-refractivity contribution < 1.29 is 14.4 Å². The Hall–Kier alpha value is -3.37. The number of benzene rings is 2. The standard InChI is InChI=1S/C23H23ClN6O3S/c1-13-3-4-14(2)18(9-13)26-21(32)12-34-23-29-28-19(10-16-11-20(31)27-22(33)25-16)30(23)17-7-5-15(24)6-8-17/h3-9,16H,10-12H2,1-2H3,(H,26,32)(H2,25,27,31,33). The molecule has 11 heteroatoms. The number of anilines is 1. The summed E-state index contributed by atoms with van der Waals surface area (Å²) in [5, 5.41) is 17.6. The lowest BCUT2D eigenvalue weighted by Gasteiger charge is -2.23. The van der Waals surface area contributed by atoms with E-state index in [4.69, 9.17) is 11.6 Å². The van der Waals surface area contributed by atoms with Gasteiger partial charge in [0.2, 0.25) is 11.8 Å². The number of aryl methyl sites for hydroxylation is 2. The molecule has 1 aliphatic heterocycles. The molecule has 0 saturated carbocycles.